The number of hydrogen-bond acceptors (Lipinski definition) is 6. The summed E-state index contributed by atoms with van der Waals surface area (Å²) in [6, 6.07) is 10.8. The van der Waals surface area contributed by atoms with E-state index in [4.69, 9.17) is 9.47 Å². The van der Waals surface area contributed by atoms with E-state index in [9.17, 15) is 4.79 Å². The zero-order chi connectivity index (χ0) is 19.9. The number of carbonyl (C=O) groups is 1. The maximum absolute atomic E-state index is 12.7. The molecule has 0 spiro atoms. The van der Waals surface area contributed by atoms with Crippen molar-refractivity contribution in [2.24, 2.45) is 0 Å². The van der Waals surface area contributed by atoms with Crippen molar-refractivity contribution < 1.29 is 14.3 Å². The Bertz CT molecular complexity index is 964. The van der Waals surface area contributed by atoms with E-state index in [2.05, 4.69) is 15.3 Å². The van der Waals surface area contributed by atoms with Crippen LogP contribution >= 0.6 is 11.8 Å². The molecule has 1 N–H and O–H groups in total. The highest BCUT2D eigenvalue weighted by Gasteiger charge is 2.16. The molecule has 0 saturated carbocycles. The number of anilines is 1. The van der Waals surface area contributed by atoms with Gasteiger partial charge in [0.2, 0.25) is 0 Å². The molecule has 0 fully saturated rings. The van der Waals surface area contributed by atoms with Crippen LogP contribution in [0.4, 0.5) is 5.69 Å². The molecule has 0 unspecified atom stereocenters. The molecule has 144 valence electrons. The lowest BCUT2D eigenvalue weighted by molar-refractivity contribution is 0.102. The predicted octanol–water partition coefficient (Wildman–Crippen LogP) is 4.35. The standard InChI is InChI=1S/C21H21N3O3S/c1-14-11-16(26-2)12-19(27-3)18(14)13-28-21-17(5-4-8-23-21)20(25)24-15-6-9-22-10-7-15/h4-12H,13H2,1-3H3,(H,22,24,25). The summed E-state index contributed by atoms with van der Waals surface area (Å²) >= 11 is 1.49. The van der Waals surface area contributed by atoms with Crippen LogP contribution in [-0.2, 0) is 5.75 Å². The highest BCUT2D eigenvalue weighted by molar-refractivity contribution is 7.98. The van der Waals surface area contributed by atoms with E-state index in [0.29, 0.717) is 22.0 Å². The average Bonchev–Trinajstić information content (AvgIpc) is 2.73. The fraction of sp³-hybridized carbons (Fsp3) is 0.190. The average molecular weight is 395 g/mol. The Hall–Kier alpha value is -3.06. The molecule has 3 rings (SSSR count). The molecule has 7 heteroatoms. The molecule has 0 bridgehead atoms. The Kier molecular flexibility index (Phi) is 6.49. The second-order valence-electron chi connectivity index (χ2n) is 5.96. The number of hydrogen-bond donors (Lipinski definition) is 1. The molecular weight excluding hydrogens is 374 g/mol. The lowest BCUT2D eigenvalue weighted by Crippen LogP contribution is -2.13. The van der Waals surface area contributed by atoms with Gasteiger partial charge in [-0.2, -0.15) is 0 Å². The number of nitrogens with zero attached hydrogens (tertiary/aromatic N) is 2. The number of amides is 1. The van der Waals surface area contributed by atoms with Gasteiger partial charge in [-0.3, -0.25) is 9.78 Å². The second kappa shape index (κ2) is 9.23. The van der Waals surface area contributed by atoms with Crippen molar-refractivity contribution in [1.82, 2.24) is 9.97 Å². The topological polar surface area (TPSA) is 73.3 Å². The van der Waals surface area contributed by atoms with E-state index in [1.165, 1.54) is 11.8 Å². The minimum Gasteiger partial charge on any atom is -0.497 e. The van der Waals surface area contributed by atoms with Crippen LogP contribution in [0.1, 0.15) is 21.5 Å². The number of nitrogens with one attached hydrogen (secondary N) is 1. The normalized spacial score (nSPS) is 10.4. The van der Waals surface area contributed by atoms with Crippen LogP contribution in [-0.4, -0.2) is 30.1 Å². The lowest BCUT2D eigenvalue weighted by Gasteiger charge is -2.14. The van der Waals surface area contributed by atoms with Gasteiger partial charge in [0, 0.05) is 41.7 Å². The van der Waals surface area contributed by atoms with Crippen LogP contribution in [0.15, 0.2) is 60.0 Å². The summed E-state index contributed by atoms with van der Waals surface area (Å²) in [5.41, 5.74) is 3.31. The van der Waals surface area contributed by atoms with Crippen LogP contribution in [0.25, 0.3) is 0 Å². The summed E-state index contributed by atoms with van der Waals surface area (Å²) in [6.07, 6.45) is 4.95. The molecule has 2 aromatic heterocycles. The van der Waals surface area contributed by atoms with Gasteiger partial charge in [0.05, 0.1) is 19.8 Å². The molecule has 1 amide bonds. The number of ether oxygens (including phenoxy) is 2. The largest absolute Gasteiger partial charge is 0.497 e. The van der Waals surface area contributed by atoms with Gasteiger partial charge in [0.1, 0.15) is 16.5 Å². The molecule has 0 atom stereocenters. The van der Waals surface area contributed by atoms with E-state index in [1.54, 1.807) is 57.1 Å². The maximum Gasteiger partial charge on any atom is 0.258 e. The maximum atomic E-state index is 12.7. The Morgan fingerprint density at radius 1 is 1.11 bits per heavy atom. The fourth-order valence-electron chi connectivity index (χ4n) is 2.69. The number of aryl methyl sites for hydroxylation is 1. The number of thioether (sulfide) groups is 1. The quantitative estimate of drug-likeness (QED) is 0.600. The number of pyridine rings is 2. The van der Waals surface area contributed by atoms with E-state index in [0.717, 1.165) is 22.6 Å². The Labute approximate surface area is 168 Å². The summed E-state index contributed by atoms with van der Waals surface area (Å²) < 4.78 is 10.8. The lowest BCUT2D eigenvalue weighted by atomic mass is 10.1. The number of methoxy groups -OCH3 is 2. The van der Waals surface area contributed by atoms with Crippen molar-refractivity contribution in [3.8, 4) is 11.5 Å². The van der Waals surface area contributed by atoms with Crippen LogP contribution in [0.3, 0.4) is 0 Å². The summed E-state index contributed by atoms with van der Waals surface area (Å²) in [7, 11) is 3.26. The number of rotatable bonds is 7. The SMILES string of the molecule is COc1cc(C)c(CSc2ncccc2C(=O)Nc2ccncc2)c(OC)c1. The van der Waals surface area contributed by atoms with Gasteiger partial charge in [-0.15, -0.1) is 11.8 Å². The van der Waals surface area contributed by atoms with Crippen molar-refractivity contribution in [2.45, 2.75) is 17.7 Å². The van der Waals surface area contributed by atoms with Crippen molar-refractivity contribution in [3.05, 3.63) is 71.7 Å². The van der Waals surface area contributed by atoms with E-state index in [1.807, 2.05) is 19.1 Å². The third-order valence-electron chi connectivity index (χ3n) is 4.17. The number of aromatic nitrogens is 2. The van der Waals surface area contributed by atoms with Gasteiger partial charge in [0.25, 0.3) is 5.91 Å². The van der Waals surface area contributed by atoms with E-state index < -0.39 is 0 Å². The molecule has 0 saturated heterocycles. The van der Waals surface area contributed by atoms with Crippen LogP contribution in [0.2, 0.25) is 0 Å². The zero-order valence-electron chi connectivity index (χ0n) is 15.9. The van der Waals surface area contributed by atoms with Crippen LogP contribution in [0.5, 0.6) is 11.5 Å². The highest BCUT2D eigenvalue weighted by atomic mass is 32.2. The van der Waals surface area contributed by atoms with Crippen molar-refractivity contribution >= 4 is 23.4 Å². The second-order valence-corrected chi connectivity index (χ2v) is 6.92. The molecule has 0 aliphatic rings. The van der Waals surface area contributed by atoms with Gasteiger partial charge in [-0.05, 0) is 42.8 Å². The Morgan fingerprint density at radius 2 is 1.89 bits per heavy atom. The predicted molar refractivity (Wildman–Crippen MR) is 110 cm³/mol. The Morgan fingerprint density at radius 3 is 2.61 bits per heavy atom. The number of benzene rings is 1. The molecule has 6 nitrogen and oxygen atoms in total. The van der Waals surface area contributed by atoms with E-state index >= 15 is 0 Å². The monoisotopic (exact) mass is 395 g/mol. The first-order valence-electron chi connectivity index (χ1n) is 8.63. The summed E-state index contributed by atoms with van der Waals surface area (Å²) in [4.78, 5) is 21.0. The molecule has 0 radical (unpaired) electrons. The summed E-state index contributed by atoms with van der Waals surface area (Å²) in [6.45, 7) is 2.01. The van der Waals surface area contributed by atoms with Crippen molar-refractivity contribution in [1.29, 1.82) is 0 Å². The fourth-order valence-corrected chi connectivity index (χ4v) is 3.79. The van der Waals surface area contributed by atoms with Crippen LogP contribution in [0, 0.1) is 6.92 Å². The van der Waals surface area contributed by atoms with Gasteiger partial charge >= 0.3 is 0 Å². The first-order chi connectivity index (χ1) is 13.6. The molecule has 0 aliphatic heterocycles. The minimum absolute atomic E-state index is 0.208. The first-order valence-corrected chi connectivity index (χ1v) is 9.61. The molecular formula is C21H21N3O3S. The summed E-state index contributed by atoms with van der Waals surface area (Å²) in [5, 5.41) is 3.53. The zero-order valence-corrected chi connectivity index (χ0v) is 16.7. The highest BCUT2D eigenvalue weighted by Crippen LogP contribution is 2.34. The molecule has 28 heavy (non-hydrogen) atoms. The third kappa shape index (κ3) is 4.61. The van der Waals surface area contributed by atoms with Gasteiger partial charge in [0.15, 0.2) is 0 Å². The Balaban J connectivity index is 1.80. The summed E-state index contributed by atoms with van der Waals surface area (Å²) in [5.74, 6) is 1.91. The first kappa shape index (κ1) is 19.7. The van der Waals surface area contributed by atoms with Gasteiger partial charge in [-0.1, -0.05) is 0 Å². The molecule has 1 aromatic carbocycles. The number of carbonyl (C=O) groups excluding carboxylic acids is 1. The van der Waals surface area contributed by atoms with Crippen LogP contribution < -0.4 is 14.8 Å². The molecule has 0 aliphatic carbocycles. The van der Waals surface area contributed by atoms with Crippen molar-refractivity contribution in [3.63, 3.8) is 0 Å². The van der Waals surface area contributed by atoms with Crippen molar-refractivity contribution in [2.75, 3.05) is 19.5 Å². The molecule has 2 heterocycles. The minimum atomic E-state index is -0.208. The third-order valence-corrected chi connectivity index (χ3v) is 5.20. The van der Waals surface area contributed by atoms with Gasteiger partial charge < -0.3 is 14.8 Å². The van der Waals surface area contributed by atoms with Gasteiger partial charge in [-0.25, -0.2) is 4.98 Å². The van der Waals surface area contributed by atoms with E-state index in [-0.39, 0.29) is 5.91 Å². The smallest absolute Gasteiger partial charge is 0.258 e. The molecule has 3 aromatic rings.